The van der Waals surface area contributed by atoms with E-state index in [0.29, 0.717) is 11.8 Å². The number of aliphatic imine (C=N–C) groups is 1. The first kappa shape index (κ1) is 19.4. The van der Waals surface area contributed by atoms with Gasteiger partial charge in [-0.15, -0.1) is 10.2 Å². The Morgan fingerprint density at radius 3 is 2.78 bits per heavy atom. The Bertz CT molecular complexity index is 723. The Morgan fingerprint density at radius 1 is 1.26 bits per heavy atom. The fourth-order valence-corrected chi connectivity index (χ4v) is 3.96. The van der Waals surface area contributed by atoms with Crippen LogP contribution >= 0.6 is 0 Å². The zero-order chi connectivity index (χ0) is 19.1. The molecule has 3 rings (SSSR count). The number of rotatable bonds is 6. The molecule has 6 heteroatoms. The minimum absolute atomic E-state index is 0.606. The number of aromatic nitrogens is 3. The maximum Gasteiger partial charge on any atom is 0.193 e. The van der Waals surface area contributed by atoms with Gasteiger partial charge in [0.1, 0.15) is 12.2 Å². The molecule has 0 radical (unpaired) electrons. The van der Waals surface area contributed by atoms with Crippen LogP contribution in [0.25, 0.3) is 0 Å². The zero-order valence-electron chi connectivity index (χ0n) is 16.8. The van der Waals surface area contributed by atoms with Gasteiger partial charge in [-0.2, -0.15) is 0 Å². The topological polar surface area (TPSA) is 58.3 Å². The van der Waals surface area contributed by atoms with Gasteiger partial charge >= 0.3 is 0 Å². The van der Waals surface area contributed by atoms with Gasteiger partial charge in [-0.3, -0.25) is 4.99 Å². The standard InChI is InChI=1S/C21H32N6/c1-4-20-25-24-16-27(20)14-12-23-21(22-5-2)26-13-11-19(17(3)15-26)18-9-7-6-8-10-18/h6-10,16-17,19H,4-5,11-15H2,1-3H3,(H,22,23). The molecule has 2 aromatic rings. The third-order valence-electron chi connectivity index (χ3n) is 5.38. The summed E-state index contributed by atoms with van der Waals surface area (Å²) in [4.78, 5) is 7.29. The molecule has 0 saturated carbocycles. The molecule has 1 saturated heterocycles. The van der Waals surface area contributed by atoms with Crippen LogP contribution in [0.3, 0.4) is 0 Å². The Kier molecular flexibility index (Phi) is 6.85. The lowest BCUT2D eigenvalue weighted by atomic mass is 9.82. The summed E-state index contributed by atoms with van der Waals surface area (Å²) in [6, 6.07) is 10.9. The molecule has 6 nitrogen and oxygen atoms in total. The highest BCUT2D eigenvalue weighted by Gasteiger charge is 2.28. The summed E-state index contributed by atoms with van der Waals surface area (Å²) in [7, 11) is 0. The average Bonchev–Trinajstić information content (AvgIpc) is 3.15. The number of nitrogens with one attached hydrogen (secondary N) is 1. The Hall–Kier alpha value is -2.37. The summed E-state index contributed by atoms with van der Waals surface area (Å²) in [6.07, 6.45) is 3.87. The molecule has 1 aliphatic rings. The van der Waals surface area contributed by atoms with E-state index in [2.05, 4.69) is 76.1 Å². The van der Waals surface area contributed by atoms with E-state index in [9.17, 15) is 0 Å². The van der Waals surface area contributed by atoms with E-state index in [1.807, 2.05) is 0 Å². The van der Waals surface area contributed by atoms with Gasteiger partial charge in [0.05, 0.1) is 6.54 Å². The largest absolute Gasteiger partial charge is 0.357 e. The van der Waals surface area contributed by atoms with E-state index in [-0.39, 0.29) is 0 Å². The first-order valence-corrected chi connectivity index (χ1v) is 10.2. The number of hydrogen-bond donors (Lipinski definition) is 1. The van der Waals surface area contributed by atoms with Gasteiger partial charge in [-0.05, 0) is 30.7 Å². The lowest BCUT2D eigenvalue weighted by Crippen LogP contribution is -2.48. The second-order valence-electron chi connectivity index (χ2n) is 7.26. The Balaban J connectivity index is 1.61. The van der Waals surface area contributed by atoms with Crippen molar-refractivity contribution in [1.29, 1.82) is 0 Å². The van der Waals surface area contributed by atoms with E-state index in [1.165, 1.54) is 12.0 Å². The van der Waals surface area contributed by atoms with E-state index in [0.717, 1.165) is 50.9 Å². The number of piperidine rings is 1. The lowest BCUT2D eigenvalue weighted by molar-refractivity contribution is 0.234. The molecule has 0 amide bonds. The van der Waals surface area contributed by atoms with Gasteiger partial charge in [0.25, 0.3) is 0 Å². The number of guanidine groups is 1. The van der Waals surface area contributed by atoms with Crippen molar-refractivity contribution in [2.45, 2.75) is 46.1 Å². The fourth-order valence-electron chi connectivity index (χ4n) is 3.96. The average molecular weight is 369 g/mol. The van der Waals surface area contributed by atoms with Crippen molar-refractivity contribution in [2.24, 2.45) is 10.9 Å². The molecule has 1 aliphatic heterocycles. The molecule has 0 bridgehead atoms. The van der Waals surface area contributed by atoms with Crippen LogP contribution in [0.4, 0.5) is 0 Å². The van der Waals surface area contributed by atoms with Crippen molar-refractivity contribution in [1.82, 2.24) is 25.0 Å². The van der Waals surface area contributed by atoms with E-state index >= 15 is 0 Å². The highest BCUT2D eigenvalue weighted by Crippen LogP contribution is 2.32. The molecule has 1 fully saturated rings. The smallest absolute Gasteiger partial charge is 0.193 e. The van der Waals surface area contributed by atoms with Crippen LogP contribution in [-0.2, 0) is 13.0 Å². The predicted molar refractivity (Wildman–Crippen MR) is 110 cm³/mol. The quantitative estimate of drug-likeness (QED) is 0.629. The summed E-state index contributed by atoms with van der Waals surface area (Å²) >= 11 is 0. The molecule has 0 aliphatic carbocycles. The number of likely N-dealkylation sites (tertiary alicyclic amines) is 1. The molecule has 146 valence electrons. The minimum atomic E-state index is 0.606. The van der Waals surface area contributed by atoms with E-state index in [4.69, 9.17) is 4.99 Å². The monoisotopic (exact) mass is 368 g/mol. The van der Waals surface area contributed by atoms with Crippen LogP contribution in [0, 0.1) is 5.92 Å². The van der Waals surface area contributed by atoms with Gasteiger partial charge in [0, 0.05) is 32.6 Å². The van der Waals surface area contributed by atoms with Crippen molar-refractivity contribution >= 4 is 5.96 Å². The molecule has 1 N–H and O–H groups in total. The van der Waals surface area contributed by atoms with Crippen molar-refractivity contribution in [2.75, 3.05) is 26.2 Å². The summed E-state index contributed by atoms with van der Waals surface area (Å²) in [5.41, 5.74) is 1.46. The third-order valence-corrected chi connectivity index (χ3v) is 5.38. The van der Waals surface area contributed by atoms with Crippen molar-refractivity contribution in [3.63, 3.8) is 0 Å². The van der Waals surface area contributed by atoms with Crippen LogP contribution in [0.15, 0.2) is 41.7 Å². The second-order valence-corrected chi connectivity index (χ2v) is 7.26. The van der Waals surface area contributed by atoms with Crippen molar-refractivity contribution < 1.29 is 0 Å². The van der Waals surface area contributed by atoms with Gasteiger partial charge in [0.2, 0.25) is 0 Å². The summed E-state index contributed by atoms with van der Waals surface area (Å²) in [5, 5.41) is 11.6. The second kappa shape index (κ2) is 9.53. The van der Waals surface area contributed by atoms with E-state index < -0.39 is 0 Å². The lowest BCUT2D eigenvalue weighted by Gasteiger charge is -2.39. The number of hydrogen-bond acceptors (Lipinski definition) is 3. The molecular weight excluding hydrogens is 336 g/mol. The number of aryl methyl sites for hydroxylation is 1. The zero-order valence-corrected chi connectivity index (χ0v) is 16.8. The first-order valence-electron chi connectivity index (χ1n) is 10.2. The van der Waals surface area contributed by atoms with Crippen LogP contribution in [0.1, 0.15) is 44.5 Å². The molecule has 0 spiro atoms. The number of benzene rings is 1. The molecule has 27 heavy (non-hydrogen) atoms. The summed E-state index contributed by atoms with van der Waals surface area (Å²) < 4.78 is 2.09. The van der Waals surface area contributed by atoms with Gasteiger partial charge in [0.15, 0.2) is 5.96 Å². The predicted octanol–water partition coefficient (Wildman–Crippen LogP) is 2.93. The highest BCUT2D eigenvalue weighted by atomic mass is 15.3. The highest BCUT2D eigenvalue weighted by molar-refractivity contribution is 5.80. The van der Waals surface area contributed by atoms with Crippen LogP contribution in [-0.4, -0.2) is 51.8 Å². The third kappa shape index (κ3) is 4.87. The Morgan fingerprint density at radius 2 is 2.07 bits per heavy atom. The maximum absolute atomic E-state index is 4.87. The molecule has 2 atom stereocenters. The Labute approximate surface area is 162 Å². The minimum Gasteiger partial charge on any atom is -0.357 e. The first-order chi connectivity index (χ1) is 13.2. The molecule has 1 aromatic heterocycles. The van der Waals surface area contributed by atoms with Gasteiger partial charge < -0.3 is 14.8 Å². The number of nitrogens with zero attached hydrogens (tertiary/aromatic N) is 5. The molecule has 2 heterocycles. The van der Waals surface area contributed by atoms with Crippen LogP contribution in [0.2, 0.25) is 0 Å². The summed E-state index contributed by atoms with van der Waals surface area (Å²) in [5.74, 6) is 3.29. The maximum atomic E-state index is 4.87. The van der Waals surface area contributed by atoms with Crippen LogP contribution < -0.4 is 5.32 Å². The van der Waals surface area contributed by atoms with Gasteiger partial charge in [-0.1, -0.05) is 44.2 Å². The molecular formula is C21H32N6. The normalized spacial score (nSPS) is 20.7. The van der Waals surface area contributed by atoms with Crippen LogP contribution in [0.5, 0.6) is 0 Å². The van der Waals surface area contributed by atoms with E-state index in [1.54, 1.807) is 6.33 Å². The molecule has 2 unspecified atom stereocenters. The summed E-state index contributed by atoms with van der Waals surface area (Å²) in [6.45, 7) is 11.1. The van der Waals surface area contributed by atoms with Crippen molar-refractivity contribution in [3.05, 3.63) is 48.0 Å². The fraction of sp³-hybridized carbons (Fsp3) is 0.571. The van der Waals surface area contributed by atoms with Gasteiger partial charge in [-0.25, -0.2) is 0 Å². The molecule has 1 aromatic carbocycles. The SMILES string of the molecule is CCNC(=NCCn1cnnc1CC)N1CCC(c2ccccc2)C(C)C1. The van der Waals surface area contributed by atoms with Crippen molar-refractivity contribution in [3.8, 4) is 0 Å².